The van der Waals surface area contributed by atoms with Crippen LogP contribution in [0.4, 0.5) is 0 Å². The van der Waals surface area contributed by atoms with Gasteiger partial charge in [-0.2, -0.15) is 0 Å². The standard InChI is InChI=1S/C12H11N3O2S/c1-17-12(16)5-3-8-2-4-10-9(6-8)7-11(18-10)14-15-13/h2-6,11H,7H2,1H3. The van der Waals surface area contributed by atoms with Crippen molar-refractivity contribution >= 4 is 23.8 Å². The number of hydrogen-bond acceptors (Lipinski definition) is 4. The maximum Gasteiger partial charge on any atom is 0.330 e. The third-order valence-electron chi connectivity index (χ3n) is 2.54. The summed E-state index contributed by atoms with van der Waals surface area (Å²) in [5.74, 6) is -0.378. The van der Waals surface area contributed by atoms with Crippen LogP contribution in [0.15, 0.2) is 34.3 Å². The molecule has 0 aromatic heterocycles. The number of thioether (sulfide) groups is 1. The smallest absolute Gasteiger partial charge is 0.330 e. The monoisotopic (exact) mass is 261 g/mol. The summed E-state index contributed by atoms with van der Waals surface area (Å²) in [7, 11) is 1.34. The Morgan fingerprint density at radius 2 is 2.50 bits per heavy atom. The van der Waals surface area contributed by atoms with Gasteiger partial charge in [-0.1, -0.05) is 17.2 Å². The van der Waals surface area contributed by atoms with Crippen LogP contribution in [-0.2, 0) is 16.0 Å². The molecular formula is C12H11N3O2S. The summed E-state index contributed by atoms with van der Waals surface area (Å²) in [5, 5.41) is 3.64. The lowest BCUT2D eigenvalue weighted by molar-refractivity contribution is -0.134. The number of fused-ring (bicyclic) bond motifs is 1. The summed E-state index contributed by atoms with van der Waals surface area (Å²) in [6.07, 6.45) is 3.82. The zero-order valence-corrected chi connectivity index (χ0v) is 10.6. The third kappa shape index (κ3) is 2.85. The molecule has 0 aliphatic carbocycles. The molecule has 1 aliphatic rings. The minimum absolute atomic E-state index is 0.0650. The minimum Gasteiger partial charge on any atom is -0.466 e. The van der Waals surface area contributed by atoms with Crippen LogP contribution in [0.25, 0.3) is 16.5 Å². The molecule has 5 nitrogen and oxygen atoms in total. The van der Waals surface area contributed by atoms with E-state index in [4.69, 9.17) is 5.53 Å². The topological polar surface area (TPSA) is 75.1 Å². The highest BCUT2D eigenvalue weighted by atomic mass is 32.2. The van der Waals surface area contributed by atoms with Crippen molar-refractivity contribution in [3.8, 4) is 0 Å². The average Bonchev–Trinajstić information content (AvgIpc) is 2.77. The molecule has 0 saturated carbocycles. The van der Waals surface area contributed by atoms with Crippen molar-refractivity contribution in [3.63, 3.8) is 0 Å². The Kier molecular flexibility index (Phi) is 3.92. The molecule has 2 rings (SSSR count). The minimum atomic E-state index is -0.378. The molecular weight excluding hydrogens is 250 g/mol. The SMILES string of the molecule is COC(=O)C=Cc1ccc2c(c1)CC(N=[N+]=[N-])S2. The lowest BCUT2D eigenvalue weighted by Crippen LogP contribution is -1.94. The highest BCUT2D eigenvalue weighted by Gasteiger charge is 2.20. The van der Waals surface area contributed by atoms with Gasteiger partial charge in [0.05, 0.1) is 12.5 Å². The van der Waals surface area contributed by atoms with Crippen LogP contribution in [0.1, 0.15) is 11.1 Å². The Morgan fingerprint density at radius 3 is 3.22 bits per heavy atom. The predicted octanol–water partition coefficient (Wildman–Crippen LogP) is 3.16. The first-order valence-electron chi connectivity index (χ1n) is 5.33. The molecule has 92 valence electrons. The predicted molar refractivity (Wildman–Crippen MR) is 70.0 cm³/mol. The van der Waals surface area contributed by atoms with Gasteiger partial charge < -0.3 is 4.74 Å². The van der Waals surface area contributed by atoms with E-state index in [2.05, 4.69) is 14.8 Å². The average molecular weight is 261 g/mol. The lowest BCUT2D eigenvalue weighted by Gasteiger charge is -1.99. The molecule has 0 N–H and O–H groups in total. The largest absolute Gasteiger partial charge is 0.466 e. The molecule has 1 aliphatic heterocycles. The van der Waals surface area contributed by atoms with Gasteiger partial charge in [-0.15, -0.1) is 11.8 Å². The number of benzene rings is 1. The van der Waals surface area contributed by atoms with Crippen molar-refractivity contribution < 1.29 is 9.53 Å². The Balaban J connectivity index is 2.15. The fourth-order valence-corrected chi connectivity index (χ4v) is 2.79. The van der Waals surface area contributed by atoms with Gasteiger partial charge in [0.2, 0.25) is 0 Å². The molecule has 0 radical (unpaired) electrons. The number of hydrogen-bond donors (Lipinski definition) is 0. The number of rotatable bonds is 3. The summed E-state index contributed by atoms with van der Waals surface area (Å²) in [5.41, 5.74) is 10.5. The van der Waals surface area contributed by atoms with Crippen molar-refractivity contribution in [3.05, 3.63) is 45.8 Å². The van der Waals surface area contributed by atoms with Gasteiger partial charge in [0, 0.05) is 15.9 Å². The zero-order chi connectivity index (χ0) is 13.0. The first kappa shape index (κ1) is 12.5. The van der Waals surface area contributed by atoms with Gasteiger partial charge in [-0.3, -0.25) is 0 Å². The number of methoxy groups -OCH3 is 1. The molecule has 0 fully saturated rings. The lowest BCUT2D eigenvalue weighted by atomic mass is 10.1. The highest BCUT2D eigenvalue weighted by molar-refractivity contribution is 8.00. The Morgan fingerprint density at radius 1 is 1.67 bits per heavy atom. The van der Waals surface area contributed by atoms with E-state index in [1.54, 1.807) is 17.8 Å². The molecule has 1 unspecified atom stereocenters. The van der Waals surface area contributed by atoms with Gasteiger partial charge >= 0.3 is 5.97 Å². The van der Waals surface area contributed by atoms with Crippen molar-refractivity contribution in [2.24, 2.45) is 5.11 Å². The normalized spacial score (nSPS) is 17.3. The molecule has 0 amide bonds. The number of carbonyl (C=O) groups is 1. The molecule has 0 bridgehead atoms. The fourth-order valence-electron chi connectivity index (χ4n) is 1.71. The quantitative estimate of drug-likeness (QED) is 0.276. The number of azide groups is 1. The van der Waals surface area contributed by atoms with Crippen LogP contribution in [0.3, 0.4) is 0 Å². The van der Waals surface area contributed by atoms with Gasteiger partial charge in [0.1, 0.15) is 0 Å². The van der Waals surface area contributed by atoms with E-state index in [0.717, 1.165) is 22.4 Å². The first-order chi connectivity index (χ1) is 8.72. The van der Waals surface area contributed by atoms with E-state index < -0.39 is 0 Å². The Bertz CT molecular complexity index is 550. The van der Waals surface area contributed by atoms with E-state index in [1.807, 2.05) is 18.2 Å². The zero-order valence-electron chi connectivity index (χ0n) is 9.74. The second-order valence-electron chi connectivity index (χ2n) is 3.71. The molecule has 6 heteroatoms. The fraction of sp³-hybridized carbons (Fsp3) is 0.250. The molecule has 0 saturated heterocycles. The molecule has 1 aromatic rings. The van der Waals surface area contributed by atoms with Crippen LogP contribution < -0.4 is 0 Å². The van der Waals surface area contributed by atoms with Crippen molar-refractivity contribution in [2.45, 2.75) is 16.7 Å². The van der Waals surface area contributed by atoms with Crippen molar-refractivity contribution in [1.82, 2.24) is 0 Å². The van der Waals surface area contributed by atoms with Crippen LogP contribution in [-0.4, -0.2) is 18.5 Å². The van der Waals surface area contributed by atoms with E-state index in [0.29, 0.717) is 0 Å². The van der Waals surface area contributed by atoms with E-state index in [-0.39, 0.29) is 11.3 Å². The molecule has 1 heterocycles. The Hall–Kier alpha value is -1.91. The molecule has 1 atom stereocenters. The second kappa shape index (κ2) is 5.62. The molecule has 0 spiro atoms. The van der Waals surface area contributed by atoms with Crippen LogP contribution in [0, 0.1) is 0 Å². The van der Waals surface area contributed by atoms with E-state index >= 15 is 0 Å². The summed E-state index contributed by atoms with van der Waals surface area (Å²) >= 11 is 1.56. The van der Waals surface area contributed by atoms with Gasteiger partial charge in [-0.25, -0.2) is 4.79 Å². The van der Waals surface area contributed by atoms with Crippen LogP contribution in [0.5, 0.6) is 0 Å². The Labute approximate surface area is 108 Å². The van der Waals surface area contributed by atoms with Crippen molar-refractivity contribution in [1.29, 1.82) is 0 Å². The maximum absolute atomic E-state index is 11.0. The molecule has 18 heavy (non-hydrogen) atoms. The number of nitrogens with zero attached hydrogens (tertiary/aromatic N) is 3. The second-order valence-corrected chi connectivity index (χ2v) is 4.92. The third-order valence-corrected chi connectivity index (χ3v) is 3.72. The number of ether oxygens (including phenoxy) is 1. The van der Waals surface area contributed by atoms with Gasteiger partial charge in [-0.05, 0) is 35.2 Å². The first-order valence-corrected chi connectivity index (χ1v) is 6.20. The molecule has 1 aromatic carbocycles. The number of carbonyl (C=O) groups excluding carboxylic acids is 1. The number of esters is 1. The summed E-state index contributed by atoms with van der Waals surface area (Å²) in [4.78, 5) is 14.9. The van der Waals surface area contributed by atoms with Crippen LogP contribution >= 0.6 is 11.8 Å². The highest BCUT2D eigenvalue weighted by Crippen LogP contribution is 2.38. The van der Waals surface area contributed by atoms with E-state index in [1.165, 1.54) is 13.2 Å². The van der Waals surface area contributed by atoms with E-state index in [9.17, 15) is 4.79 Å². The summed E-state index contributed by atoms with van der Waals surface area (Å²) < 4.78 is 4.53. The van der Waals surface area contributed by atoms with Gasteiger partial charge in [0.15, 0.2) is 0 Å². The van der Waals surface area contributed by atoms with Crippen LogP contribution in [0.2, 0.25) is 0 Å². The summed E-state index contributed by atoms with van der Waals surface area (Å²) in [6, 6.07) is 5.89. The van der Waals surface area contributed by atoms with Gasteiger partial charge in [0.25, 0.3) is 0 Å². The summed E-state index contributed by atoms with van der Waals surface area (Å²) in [6.45, 7) is 0. The van der Waals surface area contributed by atoms with Crippen molar-refractivity contribution in [2.75, 3.05) is 7.11 Å². The maximum atomic E-state index is 11.0.